The summed E-state index contributed by atoms with van der Waals surface area (Å²) in [6.45, 7) is 8.15. The third-order valence-electron chi connectivity index (χ3n) is 16.1. The van der Waals surface area contributed by atoms with Crippen molar-refractivity contribution in [2.24, 2.45) is 23.5 Å². The van der Waals surface area contributed by atoms with Crippen LogP contribution in [0.25, 0.3) is 0 Å². The molecule has 3 fully saturated rings. The lowest BCUT2D eigenvalue weighted by atomic mass is 10.0. The lowest BCUT2D eigenvalue weighted by Crippen LogP contribution is -2.31. The van der Waals surface area contributed by atoms with Crippen molar-refractivity contribution in [2.75, 3.05) is 54.0 Å². The highest BCUT2D eigenvalue weighted by molar-refractivity contribution is 5.83. The van der Waals surface area contributed by atoms with Crippen LogP contribution in [-0.4, -0.2) is 65.6 Å². The van der Waals surface area contributed by atoms with E-state index >= 15 is 0 Å². The SMILES string of the molecule is CCN(CC1CCCC1)c1ncc(C(F)(F)F)cc1C=O.CCN(CC1CCCC1)c1ncc(C(F)(F)F)cc1CNCc1cc(C(F)(F)F)cc(C(F)(F)F)c1.CCN(CC1CCCC1)c1ncc(C(F)(F)F)cc1CO.NCc1cc(C(F)(F)F)cc(C(F)(F)F)c1. The Morgan fingerprint density at radius 2 is 0.723 bits per heavy atom. The van der Waals surface area contributed by atoms with Crippen LogP contribution >= 0.6 is 0 Å². The number of carbonyl (C=O) groups excluding carboxylic acids is 1. The van der Waals surface area contributed by atoms with Gasteiger partial charge in [0.25, 0.3) is 0 Å². The molecule has 5 aromatic rings. The van der Waals surface area contributed by atoms with Crippen LogP contribution in [0.4, 0.5) is 110 Å². The van der Waals surface area contributed by atoms with Gasteiger partial charge in [-0.1, -0.05) is 38.5 Å². The summed E-state index contributed by atoms with van der Waals surface area (Å²) in [5, 5.41) is 12.1. The third-order valence-corrected chi connectivity index (χ3v) is 16.1. The minimum absolute atomic E-state index is 0.00433. The molecule has 0 saturated heterocycles. The largest absolute Gasteiger partial charge is 0.417 e. The van der Waals surface area contributed by atoms with E-state index in [1.54, 1.807) is 0 Å². The van der Waals surface area contributed by atoms with Gasteiger partial charge in [0.1, 0.15) is 17.5 Å². The van der Waals surface area contributed by atoms with Gasteiger partial charge >= 0.3 is 43.2 Å². The molecule has 0 atom stereocenters. The number of nitrogens with two attached hydrogens (primary N) is 1. The second-order valence-corrected chi connectivity index (χ2v) is 23.0. The molecule has 3 heterocycles. The summed E-state index contributed by atoms with van der Waals surface area (Å²) < 4.78 is 268. The lowest BCUT2D eigenvalue weighted by molar-refractivity contribution is -0.144. The van der Waals surface area contributed by atoms with Crippen LogP contribution in [-0.2, 0) is 69.5 Å². The van der Waals surface area contributed by atoms with E-state index in [1.807, 2.05) is 35.5 Å². The smallest absolute Gasteiger partial charge is 0.392 e. The second-order valence-electron chi connectivity index (χ2n) is 23.0. The number of anilines is 3. The fourth-order valence-corrected chi connectivity index (χ4v) is 11.3. The van der Waals surface area contributed by atoms with Gasteiger partial charge < -0.3 is 30.9 Å². The molecule has 31 heteroatoms. The van der Waals surface area contributed by atoms with E-state index in [1.165, 1.54) is 25.7 Å². The van der Waals surface area contributed by atoms with E-state index in [0.29, 0.717) is 91.9 Å². The number of hydrogen-bond donors (Lipinski definition) is 3. The first-order chi connectivity index (χ1) is 43.7. The van der Waals surface area contributed by atoms with Gasteiger partial charge in [0.05, 0.1) is 51.1 Å². The van der Waals surface area contributed by atoms with Gasteiger partial charge in [-0.15, -0.1) is 0 Å². The van der Waals surface area contributed by atoms with Crippen molar-refractivity contribution in [3.05, 3.63) is 140 Å². The molecule has 524 valence electrons. The quantitative estimate of drug-likeness (QED) is 0.0544. The number of pyridine rings is 3. The number of halogens is 21. The van der Waals surface area contributed by atoms with Crippen molar-refractivity contribution in [1.82, 2.24) is 20.3 Å². The summed E-state index contributed by atoms with van der Waals surface area (Å²) >= 11 is 0. The van der Waals surface area contributed by atoms with E-state index in [4.69, 9.17) is 5.73 Å². The van der Waals surface area contributed by atoms with Gasteiger partial charge in [-0.2, -0.15) is 92.2 Å². The maximum atomic E-state index is 13.3. The van der Waals surface area contributed by atoms with Crippen LogP contribution in [0, 0.1) is 17.8 Å². The minimum atomic E-state index is -4.99. The summed E-state index contributed by atoms with van der Waals surface area (Å²) in [7, 11) is 0. The molecule has 0 bridgehead atoms. The highest BCUT2D eigenvalue weighted by atomic mass is 19.4. The topological polar surface area (TPSA) is 124 Å². The van der Waals surface area contributed by atoms with E-state index in [9.17, 15) is 102 Å². The molecule has 10 nitrogen and oxygen atoms in total. The molecule has 94 heavy (non-hydrogen) atoms. The average Bonchev–Trinajstić information content (AvgIpc) is 1.05. The first-order valence-corrected chi connectivity index (χ1v) is 30.2. The number of aldehydes is 1. The highest BCUT2D eigenvalue weighted by Crippen LogP contribution is 2.41. The van der Waals surface area contributed by atoms with Crippen LogP contribution in [0.1, 0.15) is 169 Å². The number of carbonyl (C=O) groups is 1. The lowest BCUT2D eigenvalue weighted by Gasteiger charge is -2.28. The molecule has 0 radical (unpaired) electrons. The normalized spacial score (nSPS) is 15.4. The molecular formula is C63H73F21N8O2. The zero-order chi connectivity index (χ0) is 70.2. The first-order valence-electron chi connectivity index (χ1n) is 30.2. The van der Waals surface area contributed by atoms with E-state index in [2.05, 4.69) is 20.3 Å². The Morgan fingerprint density at radius 1 is 0.426 bits per heavy atom. The third kappa shape index (κ3) is 23.3. The summed E-state index contributed by atoms with van der Waals surface area (Å²) in [6, 6.07) is 5.29. The van der Waals surface area contributed by atoms with Crippen molar-refractivity contribution in [3.8, 4) is 0 Å². The highest BCUT2D eigenvalue weighted by Gasteiger charge is 2.40. The minimum Gasteiger partial charge on any atom is -0.392 e. The number of aliphatic hydroxyl groups is 1. The fraction of sp³-hybridized carbons (Fsp3) is 0.556. The maximum absolute atomic E-state index is 13.3. The van der Waals surface area contributed by atoms with Gasteiger partial charge in [0.15, 0.2) is 6.29 Å². The molecule has 0 unspecified atom stereocenters. The fourth-order valence-electron chi connectivity index (χ4n) is 11.3. The van der Waals surface area contributed by atoms with Crippen molar-refractivity contribution in [1.29, 1.82) is 0 Å². The van der Waals surface area contributed by atoms with Crippen molar-refractivity contribution < 1.29 is 102 Å². The monoisotopic (exact) mass is 1370 g/mol. The predicted molar refractivity (Wildman–Crippen MR) is 310 cm³/mol. The van der Waals surface area contributed by atoms with Crippen molar-refractivity contribution >= 4 is 23.7 Å². The Balaban J connectivity index is 0.000000239. The van der Waals surface area contributed by atoms with Gasteiger partial charge in [-0.3, -0.25) is 4.79 Å². The number of hydrogen-bond acceptors (Lipinski definition) is 10. The Labute approximate surface area is 529 Å². The summed E-state index contributed by atoms with van der Waals surface area (Å²) in [4.78, 5) is 28.8. The molecule has 3 aliphatic rings. The molecular weight excluding hydrogens is 1300 g/mol. The summed E-state index contributed by atoms with van der Waals surface area (Å²) in [6.07, 6.45) is -16.8. The summed E-state index contributed by atoms with van der Waals surface area (Å²) in [5.74, 6) is 2.62. The van der Waals surface area contributed by atoms with Gasteiger partial charge in [-0.25, -0.2) is 15.0 Å². The van der Waals surface area contributed by atoms with Crippen LogP contribution in [0.2, 0.25) is 0 Å². The molecule has 3 aliphatic carbocycles. The zero-order valence-corrected chi connectivity index (χ0v) is 51.3. The summed E-state index contributed by atoms with van der Waals surface area (Å²) in [5.41, 5.74) is -3.34. The van der Waals surface area contributed by atoms with Crippen LogP contribution in [0.3, 0.4) is 0 Å². The Hall–Kier alpha value is -6.63. The van der Waals surface area contributed by atoms with Gasteiger partial charge in [-0.05, 0) is 143 Å². The molecule has 0 amide bonds. The Morgan fingerprint density at radius 3 is 1.03 bits per heavy atom. The average molecular weight is 1370 g/mol. The number of nitrogens with zero attached hydrogens (tertiary/aromatic N) is 6. The maximum Gasteiger partial charge on any atom is 0.417 e. The Bertz CT molecular complexity index is 3120. The molecule has 3 aromatic heterocycles. The molecule has 0 aliphatic heterocycles. The van der Waals surface area contributed by atoms with Crippen molar-refractivity contribution in [3.63, 3.8) is 0 Å². The number of rotatable bonds is 19. The van der Waals surface area contributed by atoms with Gasteiger partial charge in [0, 0.05) is 88.6 Å². The first kappa shape index (κ1) is 78.1. The van der Waals surface area contributed by atoms with Crippen LogP contribution < -0.4 is 25.8 Å². The van der Waals surface area contributed by atoms with E-state index in [-0.39, 0.29) is 53.0 Å². The van der Waals surface area contributed by atoms with E-state index in [0.717, 1.165) is 101 Å². The number of nitrogens with one attached hydrogen (secondary N) is 1. The molecule has 0 spiro atoms. The number of aromatic nitrogens is 3. The van der Waals surface area contributed by atoms with Gasteiger partial charge in [0.2, 0.25) is 0 Å². The predicted octanol–water partition coefficient (Wildman–Crippen LogP) is 18.2. The molecule has 4 N–H and O–H groups in total. The molecule has 2 aromatic carbocycles. The number of aliphatic hydroxyl groups excluding tert-OH is 1. The van der Waals surface area contributed by atoms with Crippen LogP contribution in [0.15, 0.2) is 73.2 Å². The standard InChI is InChI=1S/C24H26F9N3.C15H21F3N2O.C15H19F3N2O.C9H7F6N/c1-2-36(14-15-5-3-4-6-15)21-17(9-20(13-35-21)24(31,32)33)12-34-11-16-7-18(22(25,26)27)10-19(8-16)23(28,29)30;2*1-2-20(9-11-5-3-4-6-11)14-12(10-21)7-13(8-19-14)15(16,17)18;10-8(11,12)6-1-5(4-16)2-7(3-6)9(13,14)15/h7-10,13,15,34H,2-6,11-12,14H2,1H3;7-8,11,21H,2-6,9-10H2,1H3;7-8,10-11H,2-6,9H2,1H3;1-3H,4,16H2. The number of benzene rings is 2. The van der Waals surface area contributed by atoms with Crippen molar-refractivity contribution in [2.45, 2.75) is 167 Å². The zero-order valence-electron chi connectivity index (χ0n) is 51.3. The van der Waals surface area contributed by atoms with E-state index < -0.39 is 95.3 Å². The molecule has 3 saturated carbocycles. The van der Waals surface area contributed by atoms with Crippen LogP contribution in [0.5, 0.6) is 0 Å². The Kier molecular flexibility index (Phi) is 27.7. The molecule has 8 rings (SSSR count). The number of alkyl halides is 21. The second kappa shape index (κ2) is 33.4.